The maximum absolute atomic E-state index is 6.42. The van der Waals surface area contributed by atoms with E-state index in [0.717, 1.165) is 42.5 Å². The van der Waals surface area contributed by atoms with Gasteiger partial charge in [0.2, 0.25) is 0 Å². The zero-order valence-electron chi connectivity index (χ0n) is 12.8. The molecule has 0 radical (unpaired) electrons. The summed E-state index contributed by atoms with van der Waals surface area (Å²) in [7, 11) is 0. The van der Waals surface area contributed by atoms with E-state index in [4.69, 9.17) is 17.3 Å². The van der Waals surface area contributed by atoms with Gasteiger partial charge in [0.1, 0.15) is 0 Å². The monoisotopic (exact) mass is 295 g/mol. The highest BCUT2D eigenvalue weighted by Gasteiger charge is 2.21. The molecule has 112 valence electrons. The zero-order valence-corrected chi connectivity index (χ0v) is 13.5. The quantitative estimate of drug-likeness (QED) is 0.925. The Hall–Kier alpha value is -0.770. The minimum absolute atomic E-state index is 0.0313. The summed E-state index contributed by atoms with van der Waals surface area (Å²) in [5.41, 5.74) is 8.13. The largest absolute Gasteiger partial charge is 0.368 e. The molecule has 1 fully saturated rings. The summed E-state index contributed by atoms with van der Waals surface area (Å²) in [5.74, 6) is 0. The highest BCUT2D eigenvalue weighted by atomic mass is 35.5. The van der Waals surface area contributed by atoms with Gasteiger partial charge in [0.05, 0.1) is 10.7 Å². The lowest BCUT2D eigenvalue weighted by atomic mass is 10.1. The Morgan fingerprint density at radius 1 is 1.20 bits per heavy atom. The number of halogens is 1. The van der Waals surface area contributed by atoms with Crippen molar-refractivity contribution in [3.05, 3.63) is 28.8 Å². The van der Waals surface area contributed by atoms with Gasteiger partial charge in [-0.1, -0.05) is 24.6 Å². The van der Waals surface area contributed by atoms with E-state index in [2.05, 4.69) is 35.8 Å². The first kappa shape index (κ1) is 15.6. The van der Waals surface area contributed by atoms with Crippen LogP contribution < -0.4 is 10.6 Å². The molecule has 2 unspecified atom stereocenters. The molecule has 2 N–H and O–H groups in total. The van der Waals surface area contributed by atoms with E-state index >= 15 is 0 Å². The SMILES string of the molecule is CCC(C)N1CCN(c2ccc(C(C)N)cc2Cl)CC1. The third kappa shape index (κ3) is 3.46. The van der Waals surface area contributed by atoms with Crippen LogP contribution in [-0.2, 0) is 0 Å². The van der Waals surface area contributed by atoms with Gasteiger partial charge >= 0.3 is 0 Å². The number of piperazine rings is 1. The molecule has 0 bridgehead atoms. The fourth-order valence-electron chi connectivity index (χ4n) is 2.72. The minimum Gasteiger partial charge on any atom is -0.368 e. The Bertz CT molecular complexity index is 439. The van der Waals surface area contributed by atoms with Gasteiger partial charge in [-0.3, -0.25) is 4.90 Å². The van der Waals surface area contributed by atoms with Crippen molar-refractivity contribution in [2.75, 3.05) is 31.1 Å². The average Bonchev–Trinajstić information content (AvgIpc) is 2.46. The van der Waals surface area contributed by atoms with Crippen molar-refractivity contribution in [1.82, 2.24) is 4.90 Å². The zero-order chi connectivity index (χ0) is 14.7. The Labute approximate surface area is 127 Å². The molecule has 0 spiro atoms. The molecular weight excluding hydrogens is 270 g/mol. The number of hydrogen-bond acceptors (Lipinski definition) is 3. The van der Waals surface area contributed by atoms with Crippen LogP contribution in [0.25, 0.3) is 0 Å². The lowest BCUT2D eigenvalue weighted by Crippen LogP contribution is -2.49. The van der Waals surface area contributed by atoms with Crippen LogP contribution in [0.1, 0.15) is 38.8 Å². The van der Waals surface area contributed by atoms with Crippen LogP contribution in [-0.4, -0.2) is 37.1 Å². The molecule has 2 atom stereocenters. The Morgan fingerprint density at radius 3 is 2.35 bits per heavy atom. The second-order valence-electron chi connectivity index (χ2n) is 5.78. The van der Waals surface area contributed by atoms with E-state index in [1.54, 1.807) is 0 Å². The van der Waals surface area contributed by atoms with E-state index < -0.39 is 0 Å². The summed E-state index contributed by atoms with van der Waals surface area (Å²) in [6, 6.07) is 6.91. The lowest BCUT2D eigenvalue weighted by Gasteiger charge is -2.39. The Balaban J connectivity index is 2.04. The van der Waals surface area contributed by atoms with Gasteiger partial charge in [-0.25, -0.2) is 0 Å². The summed E-state index contributed by atoms with van der Waals surface area (Å²) in [6.45, 7) is 10.8. The normalized spacial score (nSPS) is 19.9. The summed E-state index contributed by atoms with van der Waals surface area (Å²) < 4.78 is 0. The second kappa shape index (κ2) is 6.79. The van der Waals surface area contributed by atoms with Gasteiger partial charge < -0.3 is 10.6 Å². The fraction of sp³-hybridized carbons (Fsp3) is 0.625. The molecular formula is C16H26ClN3. The van der Waals surface area contributed by atoms with Crippen molar-refractivity contribution in [3.8, 4) is 0 Å². The molecule has 0 aliphatic carbocycles. The maximum Gasteiger partial charge on any atom is 0.0642 e. The fourth-order valence-corrected chi connectivity index (χ4v) is 3.03. The Kier molecular flexibility index (Phi) is 5.30. The van der Waals surface area contributed by atoms with E-state index in [0.29, 0.717) is 6.04 Å². The highest BCUT2D eigenvalue weighted by molar-refractivity contribution is 6.33. The molecule has 2 rings (SSSR count). The Morgan fingerprint density at radius 2 is 1.85 bits per heavy atom. The van der Waals surface area contributed by atoms with Crippen LogP contribution in [0.2, 0.25) is 5.02 Å². The van der Waals surface area contributed by atoms with Gasteiger partial charge in [-0.2, -0.15) is 0 Å². The van der Waals surface area contributed by atoms with E-state index in [1.165, 1.54) is 6.42 Å². The highest BCUT2D eigenvalue weighted by Crippen LogP contribution is 2.29. The van der Waals surface area contributed by atoms with Crippen molar-refractivity contribution >= 4 is 17.3 Å². The first-order valence-corrected chi connectivity index (χ1v) is 7.94. The standard InChI is InChI=1S/C16H26ClN3/c1-4-12(2)19-7-9-20(10-8-19)16-6-5-14(13(3)18)11-15(16)17/h5-6,11-13H,4,7-10,18H2,1-3H3. The molecule has 0 amide bonds. The number of nitrogens with zero attached hydrogens (tertiary/aromatic N) is 2. The molecule has 1 aromatic rings. The predicted molar refractivity (Wildman–Crippen MR) is 87.6 cm³/mol. The molecule has 0 aromatic heterocycles. The van der Waals surface area contributed by atoms with Crippen LogP contribution in [0.15, 0.2) is 18.2 Å². The topological polar surface area (TPSA) is 32.5 Å². The van der Waals surface area contributed by atoms with E-state index in [9.17, 15) is 0 Å². The number of anilines is 1. The van der Waals surface area contributed by atoms with Crippen molar-refractivity contribution < 1.29 is 0 Å². The molecule has 20 heavy (non-hydrogen) atoms. The summed E-state index contributed by atoms with van der Waals surface area (Å²) in [5, 5.41) is 0.816. The number of hydrogen-bond donors (Lipinski definition) is 1. The van der Waals surface area contributed by atoms with Crippen molar-refractivity contribution in [2.24, 2.45) is 5.73 Å². The van der Waals surface area contributed by atoms with Gasteiger partial charge in [0.25, 0.3) is 0 Å². The van der Waals surface area contributed by atoms with E-state index in [1.807, 2.05) is 13.0 Å². The molecule has 1 aliphatic heterocycles. The first-order chi connectivity index (χ1) is 9.52. The molecule has 1 saturated heterocycles. The van der Waals surface area contributed by atoms with E-state index in [-0.39, 0.29) is 6.04 Å². The van der Waals surface area contributed by atoms with Crippen LogP contribution in [0, 0.1) is 0 Å². The van der Waals surface area contributed by atoms with Crippen LogP contribution in [0.5, 0.6) is 0 Å². The first-order valence-electron chi connectivity index (χ1n) is 7.57. The second-order valence-corrected chi connectivity index (χ2v) is 6.19. The van der Waals surface area contributed by atoms with Crippen molar-refractivity contribution in [1.29, 1.82) is 0 Å². The molecule has 1 heterocycles. The summed E-state index contributed by atoms with van der Waals surface area (Å²) >= 11 is 6.42. The number of benzene rings is 1. The van der Waals surface area contributed by atoms with Crippen LogP contribution >= 0.6 is 11.6 Å². The smallest absolute Gasteiger partial charge is 0.0642 e. The summed E-state index contributed by atoms with van der Waals surface area (Å²) in [6.07, 6.45) is 1.21. The van der Waals surface area contributed by atoms with Crippen molar-refractivity contribution in [3.63, 3.8) is 0 Å². The van der Waals surface area contributed by atoms with Gasteiger partial charge in [-0.05, 0) is 38.0 Å². The molecule has 1 aromatic carbocycles. The lowest BCUT2D eigenvalue weighted by molar-refractivity contribution is 0.193. The van der Waals surface area contributed by atoms with Crippen molar-refractivity contribution in [2.45, 2.75) is 39.3 Å². The molecule has 1 aliphatic rings. The third-order valence-electron chi connectivity index (χ3n) is 4.37. The molecule has 4 heteroatoms. The van der Waals surface area contributed by atoms with Crippen LogP contribution in [0.3, 0.4) is 0 Å². The number of rotatable bonds is 4. The predicted octanol–water partition coefficient (Wildman–Crippen LogP) is 3.28. The van der Waals surface area contributed by atoms with Gasteiger partial charge in [0.15, 0.2) is 0 Å². The minimum atomic E-state index is 0.0313. The maximum atomic E-state index is 6.42. The van der Waals surface area contributed by atoms with Gasteiger partial charge in [-0.15, -0.1) is 0 Å². The average molecular weight is 296 g/mol. The van der Waals surface area contributed by atoms with Crippen LogP contribution in [0.4, 0.5) is 5.69 Å². The molecule has 0 saturated carbocycles. The number of nitrogens with two attached hydrogens (primary N) is 1. The summed E-state index contributed by atoms with van der Waals surface area (Å²) in [4.78, 5) is 4.94. The third-order valence-corrected chi connectivity index (χ3v) is 4.67. The van der Waals surface area contributed by atoms with Gasteiger partial charge in [0, 0.05) is 38.3 Å². The molecule has 3 nitrogen and oxygen atoms in total.